The second-order valence-corrected chi connectivity index (χ2v) is 6.62. The normalized spacial score (nSPS) is 13.9. The minimum Gasteiger partial charge on any atom is -0.347 e. The average Bonchev–Trinajstić information content (AvgIpc) is 2.85. The zero-order valence-electron chi connectivity index (χ0n) is 14.3. The standard InChI is InChI=1S/C21H21FN2O/c1-2-23-13-17-9-10-24(14-16-6-4-8-19(23)21(16)17)20(25)12-15-5-3-7-18(22)11-15/h3-8,11,13H,2,9-10,12,14H2,1H3. The Balaban J connectivity index is 1.61. The van der Waals surface area contributed by atoms with Gasteiger partial charge in [0.2, 0.25) is 5.91 Å². The molecular weight excluding hydrogens is 315 g/mol. The van der Waals surface area contributed by atoms with Crippen molar-refractivity contribution >= 4 is 16.8 Å². The molecule has 1 aliphatic heterocycles. The van der Waals surface area contributed by atoms with E-state index in [1.807, 2.05) is 4.90 Å². The number of halogens is 1. The highest BCUT2D eigenvalue weighted by atomic mass is 19.1. The molecule has 25 heavy (non-hydrogen) atoms. The summed E-state index contributed by atoms with van der Waals surface area (Å²) in [6.07, 6.45) is 3.32. The molecule has 2 heterocycles. The highest BCUT2D eigenvalue weighted by Gasteiger charge is 2.22. The van der Waals surface area contributed by atoms with Gasteiger partial charge in [-0.2, -0.15) is 0 Å². The predicted molar refractivity (Wildman–Crippen MR) is 96.8 cm³/mol. The first-order chi connectivity index (χ1) is 12.2. The van der Waals surface area contributed by atoms with Gasteiger partial charge in [-0.25, -0.2) is 4.39 Å². The zero-order chi connectivity index (χ0) is 17.4. The van der Waals surface area contributed by atoms with Gasteiger partial charge >= 0.3 is 0 Å². The van der Waals surface area contributed by atoms with E-state index < -0.39 is 0 Å². The number of rotatable bonds is 3. The molecule has 1 amide bonds. The largest absolute Gasteiger partial charge is 0.347 e. The van der Waals surface area contributed by atoms with Crippen molar-refractivity contribution < 1.29 is 9.18 Å². The van der Waals surface area contributed by atoms with Gasteiger partial charge in [-0.3, -0.25) is 4.79 Å². The van der Waals surface area contributed by atoms with E-state index in [2.05, 4.69) is 35.9 Å². The molecule has 1 aromatic heterocycles. The fraction of sp³-hybridized carbons (Fsp3) is 0.286. The fourth-order valence-electron chi connectivity index (χ4n) is 3.79. The van der Waals surface area contributed by atoms with Crippen molar-refractivity contribution in [2.75, 3.05) is 6.54 Å². The summed E-state index contributed by atoms with van der Waals surface area (Å²) in [5.41, 5.74) is 4.48. The number of amides is 1. The summed E-state index contributed by atoms with van der Waals surface area (Å²) in [5.74, 6) is -0.244. The first-order valence-electron chi connectivity index (χ1n) is 8.77. The monoisotopic (exact) mass is 336 g/mol. The molecule has 128 valence electrons. The van der Waals surface area contributed by atoms with Crippen LogP contribution in [0.2, 0.25) is 0 Å². The van der Waals surface area contributed by atoms with Crippen molar-refractivity contribution in [3.05, 3.63) is 71.2 Å². The Hall–Kier alpha value is -2.62. The molecule has 1 aliphatic rings. The molecule has 0 aliphatic carbocycles. The van der Waals surface area contributed by atoms with Crippen LogP contribution < -0.4 is 0 Å². The van der Waals surface area contributed by atoms with Crippen molar-refractivity contribution in [1.29, 1.82) is 0 Å². The van der Waals surface area contributed by atoms with Crippen molar-refractivity contribution in [2.24, 2.45) is 0 Å². The van der Waals surface area contributed by atoms with E-state index >= 15 is 0 Å². The van der Waals surface area contributed by atoms with Gasteiger partial charge in [0, 0.05) is 36.7 Å². The maximum atomic E-state index is 13.4. The van der Waals surface area contributed by atoms with Gasteiger partial charge in [0.15, 0.2) is 0 Å². The van der Waals surface area contributed by atoms with Gasteiger partial charge in [0.1, 0.15) is 5.82 Å². The van der Waals surface area contributed by atoms with Crippen LogP contribution in [0.4, 0.5) is 4.39 Å². The molecule has 0 N–H and O–H groups in total. The number of hydrogen-bond donors (Lipinski definition) is 0. The summed E-state index contributed by atoms with van der Waals surface area (Å²) >= 11 is 0. The van der Waals surface area contributed by atoms with Crippen LogP contribution in [-0.2, 0) is 30.7 Å². The SMILES string of the molecule is CCn1cc2c3c(cccc31)CN(C(=O)Cc1cccc(F)c1)CC2. The van der Waals surface area contributed by atoms with Crippen molar-refractivity contribution in [1.82, 2.24) is 9.47 Å². The van der Waals surface area contributed by atoms with Gasteiger partial charge in [-0.15, -0.1) is 0 Å². The molecule has 0 fully saturated rings. The van der Waals surface area contributed by atoms with Crippen LogP contribution in [0.1, 0.15) is 23.6 Å². The Morgan fingerprint density at radius 1 is 1.16 bits per heavy atom. The van der Waals surface area contributed by atoms with Gasteiger partial charge < -0.3 is 9.47 Å². The highest BCUT2D eigenvalue weighted by Crippen LogP contribution is 2.29. The topological polar surface area (TPSA) is 25.2 Å². The average molecular weight is 336 g/mol. The molecule has 2 aromatic carbocycles. The van der Waals surface area contributed by atoms with E-state index in [4.69, 9.17) is 0 Å². The molecule has 0 spiro atoms. The number of hydrogen-bond acceptors (Lipinski definition) is 1. The molecular formula is C21H21FN2O. The van der Waals surface area contributed by atoms with Gasteiger partial charge in [-0.05, 0) is 48.2 Å². The van der Waals surface area contributed by atoms with E-state index in [-0.39, 0.29) is 18.1 Å². The Kier molecular flexibility index (Phi) is 4.04. The molecule has 0 atom stereocenters. The number of carbonyl (C=O) groups is 1. The quantitative estimate of drug-likeness (QED) is 0.711. The molecule has 0 saturated carbocycles. The van der Waals surface area contributed by atoms with Gasteiger partial charge in [-0.1, -0.05) is 24.3 Å². The second-order valence-electron chi connectivity index (χ2n) is 6.62. The smallest absolute Gasteiger partial charge is 0.227 e. The fourth-order valence-corrected chi connectivity index (χ4v) is 3.79. The van der Waals surface area contributed by atoms with E-state index in [1.165, 1.54) is 34.2 Å². The van der Waals surface area contributed by atoms with Crippen LogP contribution in [-0.4, -0.2) is 21.9 Å². The molecule has 4 heteroatoms. The highest BCUT2D eigenvalue weighted by molar-refractivity contribution is 5.89. The molecule has 0 unspecified atom stereocenters. The van der Waals surface area contributed by atoms with E-state index in [0.717, 1.165) is 18.5 Å². The van der Waals surface area contributed by atoms with Gasteiger partial charge in [0.25, 0.3) is 0 Å². The molecule has 0 saturated heterocycles. The van der Waals surface area contributed by atoms with Crippen molar-refractivity contribution in [2.45, 2.75) is 32.9 Å². The van der Waals surface area contributed by atoms with Crippen LogP contribution in [0.3, 0.4) is 0 Å². The minimum absolute atomic E-state index is 0.0520. The minimum atomic E-state index is -0.296. The third kappa shape index (κ3) is 2.93. The van der Waals surface area contributed by atoms with Crippen molar-refractivity contribution in [3.63, 3.8) is 0 Å². The van der Waals surface area contributed by atoms with Crippen LogP contribution in [0, 0.1) is 5.82 Å². The summed E-state index contributed by atoms with van der Waals surface area (Å²) in [6, 6.07) is 12.6. The Morgan fingerprint density at radius 2 is 2.00 bits per heavy atom. The summed E-state index contributed by atoms with van der Waals surface area (Å²) in [4.78, 5) is 14.6. The first-order valence-corrected chi connectivity index (χ1v) is 8.77. The number of aryl methyl sites for hydroxylation is 1. The Morgan fingerprint density at radius 3 is 2.80 bits per heavy atom. The lowest BCUT2D eigenvalue weighted by molar-refractivity contribution is -0.131. The third-order valence-electron chi connectivity index (χ3n) is 5.02. The van der Waals surface area contributed by atoms with E-state index in [1.54, 1.807) is 12.1 Å². The summed E-state index contributed by atoms with van der Waals surface area (Å²) < 4.78 is 15.6. The van der Waals surface area contributed by atoms with E-state index in [0.29, 0.717) is 13.1 Å². The third-order valence-corrected chi connectivity index (χ3v) is 5.02. The number of benzene rings is 2. The zero-order valence-corrected chi connectivity index (χ0v) is 14.3. The molecule has 3 nitrogen and oxygen atoms in total. The molecule has 0 bridgehead atoms. The van der Waals surface area contributed by atoms with Crippen LogP contribution >= 0.6 is 0 Å². The first kappa shape index (κ1) is 15.9. The summed E-state index contributed by atoms with van der Waals surface area (Å²) in [7, 11) is 0. The summed E-state index contributed by atoms with van der Waals surface area (Å²) in [5, 5.41) is 1.30. The van der Waals surface area contributed by atoms with Crippen LogP contribution in [0.25, 0.3) is 10.9 Å². The number of nitrogens with zero attached hydrogens (tertiary/aromatic N) is 2. The summed E-state index contributed by atoms with van der Waals surface area (Å²) in [6.45, 7) is 4.41. The lowest BCUT2D eigenvalue weighted by Crippen LogP contribution is -2.32. The van der Waals surface area contributed by atoms with Crippen LogP contribution in [0.15, 0.2) is 48.7 Å². The lowest BCUT2D eigenvalue weighted by atomic mass is 10.1. The molecule has 0 radical (unpaired) electrons. The van der Waals surface area contributed by atoms with Crippen molar-refractivity contribution in [3.8, 4) is 0 Å². The lowest BCUT2D eigenvalue weighted by Gasteiger charge is -2.21. The predicted octanol–water partition coefficient (Wildman–Crippen LogP) is 3.93. The second kappa shape index (κ2) is 6.36. The maximum absolute atomic E-state index is 13.4. The Bertz CT molecular complexity index is 944. The van der Waals surface area contributed by atoms with E-state index in [9.17, 15) is 9.18 Å². The van der Waals surface area contributed by atoms with Crippen LogP contribution in [0.5, 0.6) is 0 Å². The maximum Gasteiger partial charge on any atom is 0.227 e. The Labute approximate surface area is 146 Å². The molecule has 3 aromatic rings. The number of carbonyl (C=O) groups excluding carboxylic acids is 1. The molecule has 4 rings (SSSR count). The van der Waals surface area contributed by atoms with Gasteiger partial charge in [0.05, 0.1) is 6.42 Å². The number of aromatic nitrogens is 1.